The third-order valence-corrected chi connectivity index (χ3v) is 3.52. The average Bonchev–Trinajstić information content (AvgIpc) is 2.92. The highest BCUT2D eigenvalue weighted by Crippen LogP contribution is 2.14. The first-order valence-electron chi connectivity index (χ1n) is 6.87. The van der Waals surface area contributed by atoms with Gasteiger partial charge in [0.05, 0.1) is 12.2 Å². The van der Waals surface area contributed by atoms with Crippen molar-refractivity contribution >= 4 is 12.0 Å². The molecule has 5 heteroatoms. The van der Waals surface area contributed by atoms with E-state index in [0.717, 1.165) is 28.5 Å². The summed E-state index contributed by atoms with van der Waals surface area (Å²) in [5.74, 6) is 1.57. The van der Waals surface area contributed by atoms with Gasteiger partial charge in [-0.15, -0.1) is 0 Å². The number of carbonyl (C=O) groups excluding carboxylic acids is 1. The highest BCUT2D eigenvalue weighted by Gasteiger charge is 2.10. The predicted molar refractivity (Wildman–Crippen MR) is 81.6 cm³/mol. The van der Waals surface area contributed by atoms with Gasteiger partial charge >= 0.3 is 0 Å². The van der Waals surface area contributed by atoms with Crippen molar-refractivity contribution in [2.75, 3.05) is 7.05 Å². The van der Waals surface area contributed by atoms with Crippen molar-refractivity contribution in [2.24, 2.45) is 7.05 Å². The van der Waals surface area contributed by atoms with E-state index >= 15 is 0 Å². The summed E-state index contributed by atoms with van der Waals surface area (Å²) in [6.45, 7) is 6.27. The lowest BCUT2D eigenvalue weighted by Crippen LogP contribution is -2.23. The molecule has 112 valence electrons. The van der Waals surface area contributed by atoms with Gasteiger partial charge in [-0.3, -0.25) is 9.48 Å². The van der Waals surface area contributed by atoms with Crippen molar-refractivity contribution in [2.45, 2.75) is 27.3 Å². The maximum atomic E-state index is 12.1. The summed E-state index contributed by atoms with van der Waals surface area (Å²) in [5.41, 5.74) is 2.96. The Hall–Kier alpha value is -2.30. The molecular weight excluding hydrogens is 266 g/mol. The minimum atomic E-state index is -0.0632. The second kappa shape index (κ2) is 5.99. The van der Waals surface area contributed by atoms with Gasteiger partial charge in [-0.2, -0.15) is 5.10 Å². The van der Waals surface area contributed by atoms with Crippen LogP contribution in [-0.4, -0.2) is 27.6 Å². The second-order valence-electron chi connectivity index (χ2n) is 5.25. The zero-order chi connectivity index (χ0) is 15.6. The molecule has 0 unspecified atom stereocenters. The summed E-state index contributed by atoms with van der Waals surface area (Å²) >= 11 is 0. The lowest BCUT2D eigenvalue weighted by atomic mass is 10.2. The molecular formula is C16H21N3O2. The fraction of sp³-hybridized carbons (Fsp3) is 0.375. The monoisotopic (exact) mass is 287 g/mol. The molecule has 0 saturated heterocycles. The molecule has 0 N–H and O–H groups in total. The minimum Gasteiger partial charge on any atom is -0.464 e. The highest BCUT2D eigenvalue weighted by atomic mass is 16.3. The molecule has 0 bridgehead atoms. The molecule has 0 radical (unpaired) electrons. The van der Waals surface area contributed by atoms with E-state index in [-0.39, 0.29) is 5.91 Å². The average molecular weight is 287 g/mol. The normalized spacial score (nSPS) is 11.3. The van der Waals surface area contributed by atoms with Crippen LogP contribution in [0.2, 0.25) is 0 Å². The molecule has 0 fully saturated rings. The lowest BCUT2D eigenvalue weighted by molar-refractivity contribution is -0.125. The van der Waals surface area contributed by atoms with Crippen LogP contribution < -0.4 is 0 Å². The minimum absolute atomic E-state index is 0.0632. The van der Waals surface area contributed by atoms with Crippen LogP contribution in [0.5, 0.6) is 0 Å². The van der Waals surface area contributed by atoms with Gasteiger partial charge in [0.25, 0.3) is 0 Å². The van der Waals surface area contributed by atoms with E-state index in [0.29, 0.717) is 6.54 Å². The van der Waals surface area contributed by atoms with Crippen LogP contribution in [0.4, 0.5) is 0 Å². The summed E-state index contributed by atoms with van der Waals surface area (Å²) < 4.78 is 7.29. The van der Waals surface area contributed by atoms with Gasteiger partial charge in [-0.1, -0.05) is 0 Å². The molecule has 2 rings (SSSR count). The molecule has 5 nitrogen and oxygen atoms in total. The standard InChI is InChI=1S/C16H21N3O2/c1-11-6-7-14(21-11)10-18(4)16(20)9-8-15-12(2)17-19(5)13(15)3/h6-9H,10H2,1-5H3/b9-8+. The summed E-state index contributed by atoms with van der Waals surface area (Å²) in [6, 6.07) is 3.78. The number of hydrogen-bond acceptors (Lipinski definition) is 3. The first-order chi connectivity index (χ1) is 9.88. The zero-order valence-electron chi connectivity index (χ0n) is 13.2. The summed E-state index contributed by atoms with van der Waals surface area (Å²) in [6.07, 6.45) is 3.40. The van der Waals surface area contributed by atoms with E-state index in [1.54, 1.807) is 18.0 Å². The Morgan fingerprint density at radius 2 is 2.10 bits per heavy atom. The summed E-state index contributed by atoms with van der Waals surface area (Å²) in [7, 11) is 3.65. The van der Waals surface area contributed by atoms with Crippen LogP contribution in [0.1, 0.15) is 28.5 Å². The Morgan fingerprint density at radius 1 is 1.38 bits per heavy atom. The smallest absolute Gasteiger partial charge is 0.246 e. The lowest BCUT2D eigenvalue weighted by Gasteiger charge is -2.13. The van der Waals surface area contributed by atoms with E-state index in [2.05, 4.69) is 5.10 Å². The number of nitrogens with zero attached hydrogens (tertiary/aromatic N) is 3. The van der Waals surface area contributed by atoms with Crippen LogP contribution in [0.15, 0.2) is 22.6 Å². The summed E-state index contributed by atoms with van der Waals surface area (Å²) in [5, 5.41) is 4.33. The number of furan rings is 1. The number of aryl methyl sites for hydroxylation is 3. The van der Waals surface area contributed by atoms with Crippen molar-refractivity contribution in [1.29, 1.82) is 0 Å². The quantitative estimate of drug-likeness (QED) is 0.812. The molecule has 0 saturated carbocycles. The molecule has 1 amide bonds. The van der Waals surface area contributed by atoms with E-state index < -0.39 is 0 Å². The topological polar surface area (TPSA) is 51.3 Å². The maximum absolute atomic E-state index is 12.1. The number of likely N-dealkylation sites (N-methyl/N-ethyl adjacent to an activating group) is 1. The van der Waals surface area contributed by atoms with E-state index in [4.69, 9.17) is 4.42 Å². The Kier molecular flexibility index (Phi) is 4.31. The highest BCUT2D eigenvalue weighted by molar-refractivity contribution is 5.91. The largest absolute Gasteiger partial charge is 0.464 e. The van der Waals surface area contributed by atoms with Crippen molar-refractivity contribution in [3.63, 3.8) is 0 Å². The molecule has 0 atom stereocenters. The molecule has 0 aliphatic carbocycles. The van der Waals surface area contributed by atoms with Gasteiger partial charge in [0.15, 0.2) is 0 Å². The zero-order valence-corrected chi connectivity index (χ0v) is 13.2. The van der Waals surface area contributed by atoms with Crippen LogP contribution in [0.25, 0.3) is 6.08 Å². The Bertz CT molecular complexity index is 680. The molecule has 2 aromatic rings. The number of hydrogen-bond donors (Lipinski definition) is 0. The van der Waals surface area contributed by atoms with Gasteiger partial charge in [-0.25, -0.2) is 0 Å². The summed E-state index contributed by atoms with van der Waals surface area (Å²) in [4.78, 5) is 13.7. The molecule has 2 heterocycles. The second-order valence-corrected chi connectivity index (χ2v) is 5.25. The molecule has 0 spiro atoms. The third-order valence-electron chi connectivity index (χ3n) is 3.52. The van der Waals surface area contributed by atoms with Gasteiger partial charge < -0.3 is 9.32 Å². The van der Waals surface area contributed by atoms with Crippen molar-refractivity contribution in [3.8, 4) is 0 Å². The Morgan fingerprint density at radius 3 is 2.62 bits per heavy atom. The molecule has 0 aliphatic heterocycles. The number of aromatic nitrogens is 2. The first-order valence-corrected chi connectivity index (χ1v) is 6.87. The molecule has 0 aliphatic rings. The van der Waals surface area contributed by atoms with Gasteiger partial charge in [0.2, 0.25) is 5.91 Å². The maximum Gasteiger partial charge on any atom is 0.246 e. The van der Waals surface area contributed by atoms with E-state index in [1.165, 1.54) is 0 Å². The van der Waals surface area contributed by atoms with Crippen molar-refractivity contribution < 1.29 is 9.21 Å². The molecule has 0 aromatic carbocycles. The Balaban J connectivity index is 2.04. The van der Waals surface area contributed by atoms with E-state index in [9.17, 15) is 4.79 Å². The van der Waals surface area contributed by atoms with E-state index in [1.807, 2.05) is 50.7 Å². The molecule has 2 aromatic heterocycles. The van der Waals surface area contributed by atoms with Gasteiger partial charge in [-0.05, 0) is 39.0 Å². The van der Waals surface area contributed by atoms with Crippen LogP contribution >= 0.6 is 0 Å². The van der Waals surface area contributed by atoms with Crippen LogP contribution in [0, 0.1) is 20.8 Å². The van der Waals surface area contributed by atoms with Gasteiger partial charge in [0, 0.05) is 31.4 Å². The fourth-order valence-corrected chi connectivity index (χ4v) is 2.19. The Labute approximate surface area is 124 Å². The first kappa shape index (κ1) is 15.1. The van der Waals surface area contributed by atoms with Crippen molar-refractivity contribution in [1.82, 2.24) is 14.7 Å². The number of amides is 1. The van der Waals surface area contributed by atoms with Crippen LogP contribution in [-0.2, 0) is 18.4 Å². The number of carbonyl (C=O) groups is 1. The molecule has 21 heavy (non-hydrogen) atoms. The predicted octanol–water partition coefficient (Wildman–Crippen LogP) is 2.61. The number of rotatable bonds is 4. The third kappa shape index (κ3) is 3.42. The van der Waals surface area contributed by atoms with Crippen LogP contribution in [0.3, 0.4) is 0 Å². The van der Waals surface area contributed by atoms with Gasteiger partial charge in [0.1, 0.15) is 11.5 Å². The fourth-order valence-electron chi connectivity index (χ4n) is 2.19. The SMILES string of the molecule is Cc1ccc(CN(C)C(=O)/C=C/c2c(C)nn(C)c2C)o1. The van der Waals surface area contributed by atoms with Crippen molar-refractivity contribution in [3.05, 3.63) is 46.7 Å².